The first-order valence-electron chi connectivity index (χ1n) is 6.59. The van der Waals surface area contributed by atoms with Crippen LogP contribution in [0.2, 0.25) is 0 Å². The summed E-state index contributed by atoms with van der Waals surface area (Å²) in [5.41, 5.74) is 1.26. The molecule has 0 bridgehead atoms. The second-order valence-corrected chi connectivity index (χ2v) is 5.19. The van der Waals surface area contributed by atoms with Crippen molar-refractivity contribution in [3.63, 3.8) is 0 Å². The first-order valence-corrected chi connectivity index (χ1v) is 6.59. The Morgan fingerprint density at radius 3 is 3.05 bits per heavy atom. The van der Waals surface area contributed by atoms with Crippen molar-refractivity contribution >= 4 is 22.5 Å². The average molecular weight is 255 g/mol. The Morgan fingerprint density at radius 2 is 2.26 bits per heavy atom. The SMILES string of the molecule is CC1(C(=O)Nc2cccc3ncccc23)CCCN1. The molecular formula is C15H17N3O. The minimum absolute atomic E-state index is 0.0290. The van der Waals surface area contributed by atoms with E-state index in [1.807, 2.05) is 37.3 Å². The fraction of sp³-hybridized carbons (Fsp3) is 0.333. The standard InChI is InChI=1S/C15H17N3O/c1-15(8-4-10-17-15)14(19)18-13-7-2-6-12-11(13)5-3-9-16-12/h2-3,5-7,9,17H,4,8,10H2,1H3,(H,18,19). The molecule has 2 N–H and O–H groups in total. The molecule has 1 atom stereocenters. The van der Waals surface area contributed by atoms with Crippen LogP contribution in [0.15, 0.2) is 36.5 Å². The molecule has 1 amide bonds. The zero-order valence-electron chi connectivity index (χ0n) is 10.9. The Labute approximate surface area is 112 Å². The summed E-state index contributed by atoms with van der Waals surface area (Å²) >= 11 is 0. The van der Waals surface area contributed by atoms with Crippen LogP contribution < -0.4 is 10.6 Å². The number of benzene rings is 1. The zero-order valence-corrected chi connectivity index (χ0v) is 10.9. The average Bonchev–Trinajstić information content (AvgIpc) is 2.87. The maximum Gasteiger partial charge on any atom is 0.244 e. The minimum atomic E-state index is -0.454. The highest BCUT2D eigenvalue weighted by atomic mass is 16.2. The van der Waals surface area contributed by atoms with Crippen LogP contribution in [-0.4, -0.2) is 23.0 Å². The molecule has 1 aliphatic rings. The number of hydrogen-bond acceptors (Lipinski definition) is 3. The van der Waals surface area contributed by atoms with Gasteiger partial charge in [-0.3, -0.25) is 9.78 Å². The van der Waals surface area contributed by atoms with Gasteiger partial charge in [0.15, 0.2) is 0 Å². The van der Waals surface area contributed by atoms with Crippen LogP contribution in [0.3, 0.4) is 0 Å². The largest absolute Gasteiger partial charge is 0.324 e. The lowest BCUT2D eigenvalue weighted by Crippen LogP contribution is -2.47. The van der Waals surface area contributed by atoms with Gasteiger partial charge in [0, 0.05) is 11.6 Å². The smallest absolute Gasteiger partial charge is 0.244 e. The fourth-order valence-electron chi connectivity index (χ4n) is 2.56. The molecule has 1 aliphatic heterocycles. The lowest BCUT2D eigenvalue weighted by molar-refractivity contribution is -0.121. The van der Waals surface area contributed by atoms with Crippen molar-refractivity contribution < 1.29 is 4.79 Å². The third kappa shape index (κ3) is 2.19. The number of aromatic nitrogens is 1. The summed E-state index contributed by atoms with van der Waals surface area (Å²) in [6.45, 7) is 2.86. The molecule has 0 saturated carbocycles. The number of anilines is 1. The second-order valence-electron chi connectivity index (χ2n) is 5.19. The van der Waals surface area contributed by atoms with Crippen molar-refractivity contribution in [2.45, 2.75) is 25.3 Å². The summed E-state index contributed by atoms with van der Waals surface area (Å²) < 4.78 is 0. The van der Waals surface area contributed by atoms with Gasteiger partial charge in [-0.15, -0.1) is 0 Å². The molecule has 0 aliphatic carbocycles. The number of fused-ring (bicyclic) bond motifs is 1. The van der Waals surface area contributed by atoms with Crippen LogP contribution >= 0.6 is 0 Å². The van der Waals surface area contributed by atoms with Gasteiger partial charge in [-0.05, 0) is 50.6 Å². The molecule has 4 nitrogen and oxygen atoms in total. The van der Waals surface area contributed by atoms with Crippen LogP contribution in [0, 0.1) is 0 Å². The van der Waals surface area contributed by atoms with E-state index >= 15 is 0 Å². The molecule has 98 valence electrons. The first-order chi connectivity index (χ1) is 9.19. The summed E-state index contributed by atoms with van der Waals surface area (Å²) in [6.07, 6.45) is 3.68. The number of amides is 1. The molecule has 1 fully saturated rings. The van der Waals surface area contributed by atoms with Crippen LogP contribution in [0.25, 0.3) is 10.9 Å². The molecule has 0 radical (unpaired) electrons. The molecule has 3 rings (SSSR count). The quantitative estimate of drug-likeness (QED) is 0.866. The summed E-state index contributed by atoms with van der Waals surface area (Å²) in [5.74, 6) is 0.0290. The molecule has 1 unspecified atom stereocenters. The molecular weight excluding hydrogens is 238 g/mol. The van der Waals surface area contributed by atoms with Gasteiger partial charge in [0.05, 0.1) is 16.7 Å². The van der Waals surface area contributed by atoms with E-state index in [4.69, 9.17) is 0 Å². The maximum atomic E-state index is 12.4. The maximum absolute atomic E-state index is 12.4. The van der Waals surface area contributed by atoms with E-state index in [-0.39, 0.29) is 5.91 Å². The predicted molar refractivity (Wildman–Crippen MR) is 76.0 cm³/mol. The van der Waals surface area contributed by atoms with Gasteiger partial charge in [-0.1, -0.05) is 6.07 Å². The van der Waals surface area contributed by atoms with E-state index in [0.29, 0.717) is 0 Å². The van der Waals surface area contributed by atoms with E-state index in [2.05, 4.69) is 15.6 Å². The zero-order chi connectivity index (χ0) is 13.3. The number of nitrogens with one attached hydrogen (secondary N) is 2. The Morgan fingerprint density at radius 1 is 1.37 bits per heavy atom. The third-order valence-corrected chi connectivity index (χ3v) is 3.76. The highest BCUT2D eigenvalue weighted by molar-refractivity contribution is 6.04. The summed E-state index contributed by atoms with van der Waals surface area (Å²) in [4.78, 5) is 16.7. The van der Waals surface area contributed by atoms with E-state index in [0.717, 1.165) is 36.0 Å². The first kappa shape index (κ1) is 12.1. The van der Waals surface area contributed by atoms with Gasteiger partial charge in [-0.25, -0.2) is 0 Å². The van der Waals surface area contributed by atoms with Crippen molar-refractivity contribution in [2.75, 3.05) is 11.9 Å². The Hall–Kier alpha value is -1.94. The number of hydrogen-bond donors (Lipinski definition) is 2. The van der Waals surface area contributed by atoms with Crippen molar-refractivity contribution in [3.8, 4) is 0 Å². The number of nitrogens with zero attached hydrogens (tertiary/aromatic N) is 1. The topological polar surface area (TPSA) is 54.0 Å². The van der Waals surface area contributed by atoms with E-state index < -0.39 is 5.54 Å². The number of carbonyl (C=O) groups is 1. The van der Waals surface area contributed by atoms with Crippen molar-refractivity contribution in [1.29, 1.82) is 0 Å². The lowest BCUT2D eigenvalue weighted by atomic mass is 9.99. The molecule has 1 aromatic carbocycles. The number of carbonyl (C=O) groups excluding carboxylic acids is 1. The monoisotopic (exact) mass is 255 g/mol. The van der Waals surface area contributed by atoms with E-state index in [1.165, 1.54) is 0 Å². The third-order valence-electron chi connectivity index (χ3n) is 3.76. The number of rotatable bonds is 2. The Kier molecular flexibility index (Phi) is 2.95. The summed E-state index contributed by atoms with van der Waals surface area (Å²) in [5, 5.41) is 7.27. The molecule has 4 heteroatoms. The lowest BCUT2D eigenvalue weighted by Gasteiger charge is -2.23. The molecule has 19 heavy (non-hydrogen) atoms. The van der Waals surface area contributed by atoms with E-state index in [9.17, 15) is 4.79 Å². The minimum Gasteiger partial charge on any atom is -0.324 e. The fourth-order valence-corrected chi connectivity index (χ4v) is 2.56. The summed E-state index contributed by atoms with van der Waals surface area (Å²) in [7, 11) is 0. The van der Waals surface area contributed by atoms with Gasteiger partial charge in [0.25, 0.3) is 0 Å². The van der Waals surface area contributed by atoms with Gasteiger partial charge < -0.3 is 10.6 Å². The van der Waals surface area contributed by atoms with Crippen LogP contribution in [0.4, 0.5) is 5.69 Å². The van der Waals surface area contributed by atoms with Gasteiger partial charge >= 0.3 is 0 Å². The Balaban J connectivity index is 1.91. The van der Waals surface area contributed by atoms with Crippen molar-refractivity contribution in [3.05, 3.63) is 36.5 Å². The predicted octanol–water partition coefficient (Wildman–Crippen LogP) is 2.32. The normalized spacial score (nSPS) is 22.6. The van der Waals surface area contributed by atoms with Crippen LogP contribution in [-0.2, 0) is 4.79 Å². The van der Waals surface area contributed by atoms with Crippen LogP contribution in [0.1, 0.15) is 19.8 Å². The second kappa shape index (κ2) is 4.63. The van der Waals surface area contributed by atoms with Crippen molar-refractivity contribution in [2.24, 2.45) is 0 Å². The number of pyridine rings is 1. The highest BCUT2D eigenvalue weighted by Gasteiger charge is 2.35. The summed E-state index contributed by atoms with van der Waals surface area (Å²) in [6, 6.07) is 9.63. The van der Waals surface area contributed by atoms with E-state index in [1.54, 1.807) is 6.20 Å². The highest BCUT2D eigenvalue weighted by Crippen LogP contribution is 2.25. The Bertz CT molecular complexity index is 612. The molecule has 2 aromatic rings. The van der Waals surface area contributed by atoms with Crippen molar-refractivity contribution in [1.82, 2.24) is 10.3 Å². The molecule has 1 saturated heterocycles. The molecule has 1 aromatic heterocycles. The molecule has 2 heterocycles. The van der Waals surface area contributed by atoms with Gasteiger partial charge in [0.2, 0.25) is 5.91 Å². The molecule has 0 spiro atoms. The van der Waals surface area contributed by atoms with Crippen LogP contribution in [0.5, 0.6) is 0 Å². The van der Waals surface area contributed by atoms with Gasteiger partial charge in [-0.2, -0.15) is 0 Å². The van der Waals surface area contributed by atoms with Gasteiger partial charge in [0.1, 0.15) is 0 Å².